The summed E-state index contributed by atoms with van der Waals surface area (Å²) in [6.07, 6.45) is 1.19. The summed E-state index contributed by atoms with van der Waals surface area (Å²) in [5, 5.41) is 12.1. The van der Waals surface area contributed by atoms with E-state index in [1.165, 1.54) is 9.13 Å². The molecule has 0 fully saturated rings. The van der Waals surface area contributed by atoms with E-state index in [0.29, 0.717) is 13.0 Å². The van der Waals surface area contributed by atoms with Crippen LogP contribution in [0.3, 0.4) is 0 Å². The number of hydrogen-bond acceptors (Lipinski definition) is 3. The van der Waals surface area contributed by atoms with Gasteiger partial charge in [0.25, 0.3) is 0 Å². The number of amides is 1. The quantitative estimate of drug-likeness (QED) is 0.499. The minimum Gasteiger partial charge on any atom is -0.311 e. The van der Waals surface area contributed by atoms with Crippen LogP contribution in [0.25, 0.3) is 0 Å². The van der Waals surface area contributed by atoms with Crippen molar-refractivity contribution in [3.8, 4) is 0 Å². The van der Waals surface area contributed by atoms with Gasteiger partial charge < -0.3 is 5.32 Å². The first-order chi connectivity index (χ1) is 13.3. The molecule has 0 aliphatic rings. The fraction of sp³-hybridized carbons (Fsp3) is 0.381. The summed E-state index contributed by atoms with van der Waals surface area (Å²) in [5.41, 5.74) is 5.46. The maximum Gasteiger partial charge on any atom is 0.225 e. The van der Waals surface area contributed by atoms with E-state index in [-0.39, 0.29) is 5.91 Å². The van der Waals surface area contributed by atoms with Gasteiger partial charge in [-0.1, -0.05) is 29.8 Å². The molecule has 3 rings (SSSR count). The van der Waals surface area contributed by atoms with E-state index in [0.717, 1.165) is 41.4 Å². The second kappa shape index (κ2) is 8.89. The second-order valence-corrected chi connectivity index (χ2v) is 8.26. The largest absolute Gasteiger partial charge is 0.311 e. The van der Waals surface area contributed by atoms with Crippen molar-refractivity contribution in [3.05, 3.63) is 62.1 Å². The van der Waals surface area contributed by atoms with Crippen LogP contribution in [0.2, 0.25) is 0 Å². The predicted molar refractivity (Wildman–Crippen MR) is 120 cm³/mol. The van der Waals surface area contributed by atoms with Gasteiger partial charge in [0.05, 0.1) is 21.5 Å². The van der Waals surface area contributed by atoms with Gasteiger partial charge >= 0.3 is 0 Å². The smallest absolute Gasteiger partial charge is 0.225 e. The molecule has 1 amide bonds. The standard InChI is InChI=1S/C21H26IN5O/c1-14-7-5-8-18(11-14)13-27-19(12-15(2)24-27)23-20(28)9-6-10-26-17(4)21(22)16(3)25-26/h5,7-8,11-12H,6,9-10,13H2,1-4H3,(H,23,28). The van der Waals surface area contributed by atoms with Gasteiger partial charge in [0.2, 0.25) is 5.91 Å². The van der Waals surface area contributed by atoms with Crippen LogP contribution in [0, 0.1) is 31.3 Å². The number of carbonyl (C=O) groups excluding carboxylic acids is 1. The summed E-state index contributed by atoms with van der Waals surface area (Å²) < 4.78 is 5.03. The maximum atomic E-state index is 12.4. The van der Waals surface area contributed by atoms with Crippen molar-refractivity contribution in [2.45, 2.75) is 53.6 Å². The molecule has 3 aromatic rings. The van der Waals surface area contributed by atoms with Crippen molar-refractivity contribution in [2.24, 2.45) is 0 Å². The Labute approximate surface area is 179 Å². The molecule has 2 aromatic heterocycles. The third-order valence-corrected chi connectivity index (χ3v) is 6.21. The molecule has 0 unspecified atom stereocenters. The van der Waals surface area contributed by atoms with Crippen molar-refractivity contribution in [3.63, 3.8) is 0 Å². The highest BCUT2D eigenvalue weighted by Gasteiger charge is 2.12. The third kappa shape index (κ3) is 5.01. The van der Waals surface area contributed by atoms with E-state index in [1.807, 2.05) is 35.3 Å². The summed E-state index contributed by atoms with van der Waals surface area (Å²) in [6.45, 7) is 9.46. The van der Waals surface area contributed by atoms with E-state index >= 15 is 0 Å². The average molecular weight is 491 g/mol. The Kier molecular flexibility index (Phi) is 6.53. The molecular weight excluding hydrogens is 465 g/mol. The number of benzene rings is 1. The van der Waals surface area contributed by atoms with E-state index in [4.69, 9.17) is 0 Å². The highest BCUT2D eigenvalue weighted by atomic mass is 127. The first-order valence-corrected chi connectivity index (χ1v) is 10.5. The van der Waals surface area contributed by atoms with Gasteiger partial charge in [-0.2, -0.15) is 10.2 Å². The molecule has 0 atom stereocenters. The molecule has 0 saturated carbocycles. The summed E-state index contributed by atoms with van der Waals surface area (Å²) in [5.74, 6) is 0.742. The third-order valence-electron chi connectivity index (χ3n) is 4.65. The zero-order chi connectivity index (χ0) is 20.3. The second-order valence-electron chi connectivity index (χ2n) is 7.18. The van der Waals surface area contributed by atoms with Crippen LogP contribution in [0.15, 0.2) is 30.3 Å². The van der Waals surface area contributed by atoms with Gasteiger partial charge in [0.1, 0.15) is 5.82 Å². The maximum absolute atomic E-state index is 12.4. The molecule has 6 nitrogen and oxygen atoms in total. The Morgan fingerprint density at radius 1 is 1.11 bits per heavy atom. The Bertz CT molecular complexity index is 989. The van der Waals surface area contributed by atoms with Gasteiger partial charge in [0, 0.05) is 24.7 Å². The van der Waals surface area contributed by atoms with Crippen LogP contribution < -0.4 is 5.32 Å². The van der Waals surface area contributed by atoms with Gasteiger partial charge in [0.15, 0.2) is 0 Å². The number of anilines is 1. The van der Waals surface area contributed by atoms with Crippen LogP contribution in [-0.2, 0) is 17.9 Å². The van der Waals surface area contributed by atoms with Crippen LogP contribution in [0.4, 0.5) is 5.82 Å². The summed E-state index contributed by atoms with van der Waals surface area (Å²) in [7, 11) is 0. The zero-order valence-corrected chi connectivity index (χ0v) is 18.9. The molecule has 0 aliphatic heterocycles. The monoisotopic (exact) mass is 491 g/mol. The van der Waals surface area contributed by atoms with Crippen LogP contribution in [-0.4, -0.2) is 25.5 Å². The normalized spacial score (nSPS) is 11.0. The van der Waals surface area contributed by atoms with Crippen molar-refractivity contribution < 1.29 is 4.79 Å². The van der Waals surface area contributed by atoms with Gasteiger partial charge in [-0.3, -0.25) is 9.48 Å². The Morgan fingerprint density at radius 3 is 2.57 bits per heavy atom. The number of rotatable bonds is 7. The number of carbonyl (C=O) groups is 1. The van der Waals surface area contributed by atoms with Gasteiger partial charge in [-0.15, -0.1) is 0 Å². The zero-order valence-electron chi connectivity index (χ0n) is 16.8. The SMILES string of the molecule is Cc1cccc(Cn2nc(C)cc2NC(=O)CCCn2nc(C)c(I)c2C)c1. The van der Waals surface area contributed by atoms with E-state index in [2.05, 4.69) is 70.2 Å². The van der Waals surface area contributed by atoms with Crippen molar-refractivity contribution in [2.75, 3.05) is 5.32 Å². The molecule has 0 saturated heterocycles. The summed E-state index contributed by atoms with van der Waals surface area (Å²) >= 11 is 2.31. The molecule has 7 heteroatoms. The van der Waals surface area contributed by atoms with Crippen molar-refractivity contribution >= 4 is 34.3 Å². The molecule has 148 valence electrons. The number of nitrogens with one attached hydrogen (secondary N) is 1. The fourth-order valence-corrected chi connectivity index (χ4v) is 3.62. The van der Waals surface area contributed by atoms with Gasteiger partial charge in [-0.25, -0.2) is 4.68 Å². The molecule has 0 spiro atoms. The molecule has 0 radical (unpaired) electrons. The number of aromatic nitrogens is 4. The first-order valence-electron chi connectivity index (χ1n) is 9.43. The van der Waals surface area contributed by atoms with Crippen molar-refractivity contribution in [1.29, 1.82) is 0 Å². The van der Waals surface area contributed by atoms with Crippen LogP contribution >= 0.6 is 22.6 Å². The lowest BCUT2D eigenvalue weighted by molar-refractivity contribution is -0.116. The lowest BCUT2D eigenvalue weighted by atomic mass is 10.1. The molecule has 1 N–H and O–H groups in total. The topological polar surface area (TPSA) is 64.7 Å². The molecule has 2 heterocycles. The lowest BCUT2D eigenvalue weighted by Crippen LogP contribution is -2.16. The Hall–Kier alpha value is -2.16. The molecule has 1 aromatic carbocycles. The predicted octanol–water partition coefficient (Wildman–Crippen LogP) is 4.39. The highest BCUT2D eigenvalue weighted by Crippen LogP contribution is 2.17. The Morgan fingerprint density at radius 2 is 1.89 bits per heavy atom. The average Bonchev–Trinajstić information content (AvgIpc) is 3.09. The molecule has 0 aliphatic carbocycles. The minimum absolute atomic E-state index is 0.00150. The number of nitrogens with zero attached hydrogens (tertiary/aromatic N) is 4. The number of halogens is 1. The highest BCUT2D eigenvalue weighted by molar-refractivity contribution is 14.1. The molecule has 28 heavy (non-hydrogen) atoms. The fourth-order valence-electron chi connectivity index (χ4n) is 3.24. The lowest BCUT2D eigenvalue weighted by Gasteiger charge is -2.10. The molecule has 0 bridgehead atoms. The van der Waals surface area contributed by atoms with Gasteiger partial charge in [-0.05, 0) is 62.3 Å². The van der Waals surface area contributed by atoms with Crippen LogP contribution in [0.5, 0.6) is 0 Å². The summed E-state index contributed by atoms with van der Waals surface area (Å²) in [4.78, 5) is 12.4. The Balaban J connectivity index is 1.58. The van der Waals surface area contributed by atoms with E-state index < -0.39 is 0 Å². The van der Waals surface area contributed by atoms with E-state index in [1.54, 1.807) is 0 Å². The number of aryl methyl sites for hydroxylation is 4. The summed E-state index contributed by atoms with van der Waals surface area (Å²) in [6, 6.07) is 10.2. The number of hydrogen-bond donors (Lipinski definition) is 1. The van der Waals surface area contributed by atoms with E-state index in [9.17, 15) is 4.79 Å². The first kappa shape index (κ1) is 20.6. The van der Waals surface area contributed by atoms with Crippen LogP contribution in [0.1, 0.15) is 41.1 Å². The van der Waals surface area contributed by atoms with Crippen molar-refractivity contribution in [1.82, 2.24) is 19.6 Å². The molecular formula is C21H26IN5O. The minimum atomic E-state index is 0.00150.